The Kier molecular flexibility index (Phi) is 3.71. The SMILES string of the molecule is N#CCNC(=O)c1ccc([131I])cc1. The molecular weight excluding hydrogens is 283 g/mol. The molecule has 1 N–H and O–H groups in total. The third kappa shape index (κ3) is 3.03. The predicted molar refractivity (Wildman–Crippen MR) is 57.1 cm³/mol. The van der Waals surface area contributed by atoms with Gasteiger partial charge in [-0.15, -0.1) is 0 Å². The molecule has 0 fully saturated rings. The number of nitrogens with one attached hydrogen (secondary N) is 1. The summed E-state index contributed by atoms with van der Waals surface area (Å²) in [5, 5.41) is 10.7. The summed E-state index contributed by atoms with van der Waals surface area (Å²) in [6.45, 7) is 0.0464. The number of rotatable bonds is 2. The van der Waals surface area contributed by atoms with Gasteiger partial charge in [-0.05, 0) is 46.9 Å². The second-order valence-corrected chi connectivity index (χ2v) is 3.59. The minimum Gasteiger partial charge on any atom is -0.339 e. The summed E-state index contributed by atoms with van der Waals surface area (Å²) in [5.74, 6) is -0.210. The van der Waals surface area contributed by atoms with Gasteiger partial charge in [0.2, 0.25) is 0 Å². The summed E-state index contributed by atoms with van der Waals surface area (Å²) in [5.41, 5.74) is 0.579. The molecule has 0 bridgehead atoms. The lowest BCUT2D eigenvalue weighted by Gasteiger charge is -1.99. The van der Waals surface area contributed by atoms with Gasteiger partial charge in [0, 0.05) is 9.13 Å². The highest BCUT2D eigenvalue weighted by Gasteiger charge is 2.02. The topological polar surface area (TPSA) is 52.9 Å². The van der Waals surface area contributed by atoms with Gasteiger partial charge < -0.3 is 5.32 Å². The first kappa shape index (κ1) is 9.99. The summed E-state index contributed by atoms with van der Waals surface area (Å²) in [6.07, 6.45) is 0. The fourth-order valence-electron chi connectivity index (χ4n) is 0.823. The van der Waals surface area contributed by atoms with Gasteiger partial charge in [0.25, 0.3) is 5.91 Å². The second-order valence-electron chi connectivity index (χ2n) is 2.35. The van der Waals surface area contributed by atoms with Gasteiger partial charge in [-0.1, -0.05) is 0 Å². The fourth-order valence-corrected chi connectivity index (χ4v) is 1.18. The third-order valence-corrected chi connectivity index (χ3v) is 2.15. The van der Waals surface area contributed by atoms with Crippen molar-refractivity contribution in [3.05, 3.63) is 33.4 Å². The van der Waals surface area contributed by atoms with E-state index >= 15 is 0 Å². The molecule has 1 aromatic rings. The molecule has 0 aliphatic carbocycles. The van der Waals surface area contributed by atoms with E-state index in [1.165, 1.54) is 0 Å². The molecule has 0 radical (unpaired) electrons. The molecule has 4 heteroatoms. The molecule has 0 aliphatic rings. The maximum Gasteiger partial charge on any atom is 0.252 e. The Morgan fingerprint density at radius 3 is 2.62 bits per heavy atom. The number of hydrogen-bond donors (Lipinski definition) is 1. The first-order valence-corrected chi connectivity index (χ1v) is 4.72. The van der Waals surface area contributed by atoms with Crippen molar-refractivity contribution in [2.24, 2.45) is 0 Å². The molecule has 1 rings (SSSR count). The molecule has 3 nitrogen and oxygen atoms in total. The highest BCUT2D eigenvalue weighted by molar-refractivity contribution is 14.1. The van der Waals surface area contributed by atoms with Gasteiger partial charge in [-0.25, -0.2) is 0 Å². The minimum absolute atomic E-state index is 0.0464. The Hall–Kier alpha value is -1.09. The van der Waals surface area contributed by atoms with Crippen LogP contribution in [0, 0.1) is 14.9 Å². The van der Waals surface area contributed by atoms with Crippen LogP contribution in [0.4, 0.5) is 0 Å². The maximum atomic E-state index is 11.3. The van der Waals surface area contributed by atoms with E-state index in [2.05, 4.69) is 27.9 Å². The summed E-state index contributed by atoms with van der Waals surface area (Å²) >= 11 is 2.16. The number of nitrogens with zero attached hydrogens (tertiary/aromatic N) is 1. The third-order valence-electron chi connectivity index (χ3n) is 1.43. The van der Waals surface area contributed by atoms with Crippen molar-refractivity contribution in [2.75, 3.05) is 6.54 Å². The first-order chi connectivity index (χ1) is 6.24. The number of hydrogen-bond acceptors (Lipinski definition) is 2. The zero-order valence-electron chi connectivity index (χ0n) is 6.75. The molecule has 0 spiro atoms. The quantitative estimate of drug-likeness (QED) is 0.663. The largest absolute Gasteiger partial charge is 0.339 e. The van der Waals surface area contributed by atoms with Crippen LogP contribution in [0.15, 0.2) is 24.3 Å². The number of benzene rings is 1. The molecule has 0 atom stereocenters. The number of nitriles is 1. The van der Waals surface area contributed by atoms with E-state index in [1.807, 2.05) is 18.2 Å². The Bertz CT molecular complexity index is 340. The van der Waals surface area contributed by atoms with E-state index in [0.717, 1.165) is 3.57 Å². The summed E-state index contributed by atoms with van der Waals surface area (Å²) < 4.78 is 1.08. The molecule has 0 heterocycles. The van der Waals surface area contributed by atoms with Crippen molar-refractivity contribution in [3.8, 4) is 6.07 Å². The fraction of sp³-hybridized carbons (Fsp3) is 0.111. The van der Waals surface area contributed by atoms with Crippen LogP contribution >= 0.6 is 22.6 Å². The molecule has 13 heavy (non-hydrogen) atoms. The smallest absolute Gasteiger partial charge is 0.252 e. The Balaban J connectivity index is 2.68. The van der Waals surface area contributed by atoms with E-state index < -0.39 is 0 Å². The van der Waals surface area contributed by atoms with E-state index in [0.29, 0.717) is 5.56 Å². The molecule has 0 saturated carbocycles. The van der Waals surface area contributed by atoms with Crippen molar-refractivity contribution in [3.63, 3.8) is 0 Å². The van der Waals surface area contributed by atoms with Crippen LogP contribution in [-0.4, -0.2) is 12.5 Å². The minimum atomic E-state index is -0.210. The molecule has 0 saturated heterocycles. The van der Waals surface area contributed by atoms with Crippen LogP contribution in [0.5, 0.6) is 0 Å². The van der Waals surface area contributed by atoms with E-state index in [-0.39, 0.29) is 12.5 Å². The zero-order valence-corrected chi connectivity index (χ0v) is 8.91. The van der Waals surface area contributed by atoms with Gasteiger partial charge >= 0.3 is 0 Å². The van der Waals surface area contributed by atoms with Crippen molar-refractivity contribution in [1.82, 2.24) is 5.32 Å². The summed E-state index contributed by atoms with van der Waals surface area (Å²) in [4.78, 5) is 11.3. The molecule has 1 amide bonds. The van der Waals surface area contributed by atoms with E-state index in [1.54, 1.807) is 12.1 Å². The molecule has 1 aromatic carbocycles. The van der Waals surface area contributed by atoms with E-state index in [9.17, 15) is 4.79 Å². The number of carbonyl (C=O) groups is 1. The lowest BCUT2D eigenvalue weighted by atomic mass is 10.2. The number of amides is 1. The molecule has 66 valence electrons. The predicted octanol–water partition coefficient (Wildman–Crippen LogP) is 1.54. The van der Waals surface area contributed by atoms with Gasteiger partial charge in [-0.3, -0.25) is 4.79 Å². The van der Waals surface area contributed by atoms with Crippen molar-refractivity contribution in [2.45, 2.75) is 0 Å². The molecular formula is C9H7IN2O. The van der Waals surface area contributed by atoms with Crippen LogP contribution in [-0.2, 0) is 0 Å². The van der Waals surface area contributed by atoms with Crippen molar-refractivity contribution >= 4 is 28.5 Å². The molecule has 0 aromatic heterocycles. The van der Waals surface area contributed by atoms with Gasteiger partial charge in [0.15, 0.2) is 0 Å². The lowest BCUT2D eigenvalue weighted by molar-refractivity contribution is 0.0958. The zero-order chi connectivity index (χ0) is 9.68. The normalized spacial score (nSPS) is 8.92. The Labute approximate surface area is 89.9 Å². The van der Waals surface area contributed by atoms with Crippen LogP contribution in [0.2, 0.25) is 0 Å². The van der Waals surface area contributed by atoms with Crippen molar-refractivity contribution in [1.29, 1.82) is 5.26 Å². The van der Waals surface area contributed by atoms with Crippen LogP contribution in [0.3, 0.4) is 0 Å². The van der Waals surface area contributed by atoms with Crippen LogP contribution < -0.4 is 5.32 Å². The second kappa shape index (κ2) is 4.82. The monoisotopic (exact) mass is 290 g/mol. The van der Waals surface area contributed by atoms with Crippen molar-refractivity contribution < 1.29 is 4.79 Å². The maximum absolute atomic E-state index is 11.3. The summed E-state index contributed by atoms with van der Waals surface area (Å²) in [7, 11) is 0. The molecule has 0 unspecified atom stereocenters. The van der Waals surface area contributed by atoms with E-state index in [4.69, 9.17) is 5.26 Å². The summed E-state index contributed by atoms with van der Waals surface area (Å²) in [6, 6.07) is 9.01. The van der Waals surface area contributed by atoms with Gasteiger partial charge in [-0.2, -0.15) is 5.26 Å². The molecule has 0 aliphatic heterocycles. The Morgan fingerprint density at radius 1 is 1.46 bits per heavy atom. The highest BCUT2D eigenvalue weighted by atomic mass is 131. The number of carbonyl (C=O) groups excluding carboxylic acids is 1. The average Bonchev–Trinajstić information content (AvgIpc) is 2.15. The first-order valence-electron chi connectivity index (χ1n) is 3.65. The Morgan fingerprint density at radius 2 is 2.08 bits per heavy atom. The van der Waals surface area contributed by atoms with Gasteiger partial charge in [0.05, 0.1) is 6.07 Å². The number of halogens is 1. The lowest BCUT2D eigenvalue weighted by Crippen LogP contribution is -2.23. The van der Waals surface area contributed by atoms with Gasteiger partial charge in [0.1, 0.15) is 6.54 Å². The van der Waals surface area contributed by atoms with Crippen LogP contribution in [0.25, 0.3) is 0 Å². The standard InChI is InChI=1S/C9H7IN2O/c10-8-3-1-7(2-4-8)9(13)12-6-5-11/h1-4H,6H2,(H,12,13)/i10+4. The average molecular weight is 290 g/mol. The van der Waals surface area contributed by atoms with Crippen LogP contribution in [0.1, 0.15) is 10.4 Å². The highest BCUT2D eigenvalue weighted by Crippen LogP contribution is 2.06.